The van der Waals surface area contributed by atoms with Gasteiger partial charge in [0, 0.05) is 31.1 Å². The standard InChI is InChI=1S/C20H21ClN2O2/c1-14-4-2-3-5-16(14)12-23-13-17(10-19(23)24)20(25)22-11-15-6-8-18(21)9-7-15/h2-9,17H,10-13H2,1H3,(H,22,25). The minimum absolute atomic E-state index is 0.0369. The number of carbonyl (C=O) groups excluding carboxylic acids is 2. The Morgan fingerprint density at radius 1 is 1.20 bits per heavy atom. The third kappa shape index (κ3) is 4.40. The Morgan fingerprint density at radius 2 is 1.92 bits per heavy atom. The number of benzene rings is 2. The van der Waals surface area contributed by atoms with E-state index in [4.69, 9.17) is 11.6 Å². The Morgan fingerprint density at radius 3 is 2.64 bits per heavy atom. The van der Waals surface area contributed by atoms with Gasteiger partial charge in [0.25, 0.3) is 0 Å². The summed E-state index contributed by atoms with van der Waals surface area (Å²) in [5, 5.41) is 3.59. The second-order valence-electron chi connectivity index (χ2n) is 6.45. The second kappa shape index (κ2) is 7.70. The SMILES string of the molecule is Cc1ccccc1CN1CC(C(=O)NCc2ccc(Cl)cc2)CC1=O. The average Bonchev–Trinajstić information content (AvgIpc) is 2.97. The number of nitrogens with one attached hydrogen (secondary N) is 1. The lowest BCUT2D eigenvalue weighted by molar-refractivity contribution is -0.129. The van der Waals surface area contributed by atoms with Gasteiger partial charge in [-0.15, -0.1) is 0 Å². The Labute approximate surface area is 152 Å². The fourth-order valence-corrected chi connectivity index (χ4v) is 3.16. The first-order valence-corrected chi connectivity index (χ1v) is 8.75. The van der Waals surface area contributed by atoms with Crippen molar-refractivity contribution in [1.29, 1.82) is 0 Å². The summed E-state index contributed by atoms with van der Waals surface area (Å²) in [6, 6.07) is 15.4. The van der Waals surface area contributed by atoms with Gasteiger partial charge >= 0.3 is 0 Å². The molecule has 1 unspecified atom stereocenters. The van der Waals surface area contributed by atoms with Crippen LogP contribution in [0, 0.1) is 12.8 Å². The molecule has 0 bridgehead atoms. The van der Waals surface area contributed by atoms with Crippen LogP contribution in [-0.4, -0.2) is 23.3 Å². The van der Waals surface area contributed by atoms with E-state index in [2.05, 4.69) is 5.32 Å². The van der Waals surface area contributed by atoms with E-state index in [1.807, 2.05) is 43.3 Å². The van der Waals surface area contributed by atoms with E-state index in [1.165, 1.54) is 0 Å². The van der Waals surface area contributed by atoms with Crippen LogP contribution in [0.1, 0.15) is 23.1 Å². The van der Waals surface area contributed by atoms with Crippen LogP contribution in [-0.2, 0) is 22.7 Å². The Kier molecular flexibility index (Phi) is 5.39. The fraction of sp³-hybridized carbons (Fsp3) is 0.300. The zero-order valence-corrected chi connectivity index (χ0v) is 14.9. The normalized spacial score (nSPS) is 17.0. The van der Waals surface area contributed by atoms with E-state index in [9.17, 15) is 9.59 Å². The summed E-state index contributed by atoms with van der Waals surface area (Å²) in [4.78, 5) is 26.4. The number of carbonyl (C=O) groups is 2. The number of hydrogen-bond acceptors (Lipinski definition) is 2. The minimum Gasteiger partial charge on any atom is -0.352 e. The predicted octanol–water partition coefficient (Wildman–Crippen LogP) is 3.31. The maximum Gasteiger partial charge on any atom is 0.225 e. The zero-order chi connectivity index (χ0) is 17.8. The Hall–Kier alpha value is -2.33. The van der Waals surface area contributed by atoms with Crippen LogP contribution in [0.15, 0.2) is 48.5 Å². The summed E-state index contributed by atoms with van der Waals surface area (Å²) in [5.74, 6) is -0.325. The number of aryl methyl sites for hydroxylation is 1. The molecule has 4 nitrogen and oxygen atoms in total. The molecule has 1 heterocycles. The highest BCUT2D eigenvalue weighted by molar-refractivity contribution is 6.30. The molecule has 0 aliphatic carbocycles. The molecule has 25 heavy (non-hydrogen) atoms. The van der Waals surface area contributed by atoms with Gasteiger partial charge in [0.05, 0.1) is 5.92 Å². The highest BCUT2D eigenvalue weighted by atomic mass is 35.5. The lowest BCUT2D eigenvalue weighted by Crippen LogP contribution is -2.32. The summed E-state index contributed by atoms with van der Waals surface area (Å²) in [6.07, 6.45) is 0.276. The van der Waals surface area contributed by atoms with Crippen LogP contribution in [0.2, 0.25) is 5.02 Å². The number of hydrogen-bond donors (Lipinski definition) is 1. The Bertz CT molecular complexity index is 774. The summed E-state index contributed by atoms with van der Waals surface area (Å²) >= 11 is 5.86. The van der Waals surface area contributed by atoms with Crippen molar-refractivity contribution in [2.75, 3.05) is 6.54 Å². The van der Waals surface area contributed by atoms with E-state index in [0.29, 0.717) is 24.7 Å². The number of amides is 2. The molecule has 2 amide bonds. The first-order chi connectivity index (χ1) is 12.0. The lowest BCUT2D eigenvalue weighted by Gasteiger charge is -2.18. The molecule has 0 saturated carbocycles. The lowest BCUT2D eigenvalue weighted by atomic mass is 10.1. The van der Waals surface area contributed by atoms with Gasteiger partial charge in [-0.3, -0.25) is 9.59 Å². The van der Waals surface area contributed by atoms with Gasteiger partial charge in [0.15, 0.2) is 0 Å². The third-order valence-electron chi connectivity index (χ3n) is 4.59. The quantitative estimate of drug-likeness (QED) is 0.893. The summed E-state index contributed by atoms with van der Waals surface area (Å²) in [7, 11) is 0. The van der Waals surface area contributed by atoms with Crippen LogP contribution in [0.3, 0.4) is 0 Å². The number of rotatable bonds is 5. The van der Waals surface area contributed by atoms with Crippen LogP contribution >= 0.6 is 11.6 Å². The van der Waals surface area contributed by atoms with E-state index < -0.39 is 0 Å². The molecule has 1 aliphatic heterocycles. The van der Waals surface area contributed by atoms with Crippen molar-refractivity contribution in [3.05, 3.63) is 70.2 Å². The molecule has 130 valence electrons. The molecule has 1 fully saturated rings. The topological polar surface area (TPSA) is 49.4 Å². The Balaban J connectivity index is 1.55. The monoisotopic (exact) mass is 356 g/mol. The van der Waals surface area contributed by atoms with Crippen LogP contribution < -0.4 is 5.32 Å². The third-order valence-corrected chi connectivity index (χ3v) is 4.84. The molecule has 0 radical (unpaired) electrons. The molecule has 1 saturated heterocycles. The molecular formula is C20H21ClN2O2. The predicted molar refractivity (Wildman–Crippen MR) is 98.0 cm³/mol. The summed E-state index contributed by atoms with van der Waals surface area (Å²) in [6.45, 7) is 3.51. The van der Waals surface area contributed by atoms with Gasteiger partial charge in [-0.2, -0.15) is 0 Å². The molecule has 0 aromatic heterocycles. The van der Waals surface area contributed by atoms with Crippen molar-refractivity contribution < 1.29 is 9.59 Å². The average molecular weight is 357 g/mol. The fourth-order valence-electron chi connectivity index (χ4n) is 3.03. The van der Waals surface area contributed by atoms with E-state index in [1.54, 1.807) is 17.0 Å². The number of nitrogens with zero attached hydrogens (tertiary/aromatic N) is 1. The van der Waals surface area contributed by atoms with Gasteiger partial charge in [-0.25, -0.2) is 0 Å². The molecule has 1 N–H and O–H groups in total. The van der Waals surface area contributed by atoms with E-state index in [0.717, 1.165) is 16.7 Å². The molecule has 3 rings (SSSR count). The molecule has 1 atom stereocenters. The molecule has 5 heteroatoms. The van der Waals surface area contributed by atoms with Crippen molar-refractivity contribution in [3.8, 4) is 0 Å². The maximum absolute atomic E-state index is 12.4. The smallest absolute Gasteiger partial charge is 0.225 e. The number of likely N-dealkylation sites (tertiary alicyclic amines) is 1. The van der Waals surface area contributed by atoms with Gasteiger partial charge < -0.3 is 10.2 Å². The highest BCUT2D eigenvalue weighted by Gasteiger charge is 2.34. The minimum atomic E-state index is -0.288. The van der Waals surface area contributed by atoms with Crippen LogP contribution in [0.4, 0.5) is 0 Å². The van der Waals surface area contributed by atoms with Crippen molar-refractivity contribution in [1.82, 2.24) is 10.2 Å². The largest absolute Gasteiger partial charge is 0.352 e. The molecule has 2 aromatic carbocycles. The van der Waals surface area contributed by atoms with Crippen molar-refractivity contribution in [2.45, 2.75) is 26.4 Å². The van der Waals surface area contributed by atoms with Crippen LogP contribution in [0.25, 0.3) is 0 Å². The molecule has 2 aromatic rings. The van der Waals surface area contributed by atoms with Gasteiger partial charge in [-0.05, 0) is 35.7 Å². The zero-order valence-electron chi connectivity index (χ0n) is 14.2. The van der Waals surface area contributed by atoms with Crippen molar-refractivity contribution in [3.63, 3.8) is 0 Å². The van der Waals surface area contributed by atoms with Crippen LogP contribution in [0.5, 0.6) is 0 Å². The maximum atomic E-state index is 12.4. The first-order valence-electron chi connectivity index (χ1n) is 8.37. The van der Waals surface area contributed by atoms with Gasteiger partial charge in [0.1, 0.15) is 0 Å². The van der Waals surface area contributed by atoms with Crippen molar-refractivity contribution in [2.24, 2.45) is 5.92 Å². The summed E-state index contributed by atoms with van der Waals surface area (Å²) in [5.41, 5.74) is 3.27. The second-order valence-corrected chi connectivity index (χ2v) is 6.88. The number of halogens is 1. The van der Waals surface area contributed by atoms with E-state index in [-0.39, 0.29) is 24.2 Å². The van der Waals surface area contributed by atoms with Gasteiger partial charge in [0.2, 0.25) is 11.8 Å². The highest BCUT2D eigenvalue weighted by Crippen LogP contribution is 2.21. The summed E-state index contributed by atoms with van der Waals surface area (Å²) < 4.78 is 0. The molecular weight excluding hydrogens is 336 g/mol. The molecule has 1 aliphatic rings. The first kappa shape index (κ1) is 17.5. The van der Waals surface area contributed by atoms with E-state index >= 15 is 0 Å². The van der Waals surface area contributed by atoms with Crippen molar-refractivity contribution >= 4 is 23.4 Å². The molecule has 0 spiro atoms. The van der Waals surface area contributed by atoms with Gasteiger partial charge in [-0.1, -0.05) is 48.0 Å².